The maximum atomic E-state index is 13.0. The summed E-state index contributed by atoms with van der Waals surface area (Å²) in [6.07, 6.45) is -0.734. The number of ether oxygens (including phenoxy) is 3. The molecule has 1 N–H and O–H groups in total. The molecule has 0 radical (unpaired) electrons. The minimum Gasteiger partial charge on any atom is -0.497 e. The average molecular weight is 411 g/mol. The highest BCUT2D eigenvalue weighted by Crippen LogP contribution is 2.19. The average Bonchev–Trinajstić information content (AvgIpc) is 2.76. The fraction of sp³-hybridized carbons (Fsp3) is 0.318. The van der Waals surface area contributed by atoms with E-state index in [1.807, 2.05) is 6.07 Å². The first-order chi connectivity index (χ1) is 14.5. The molecule has 2 aromatic carbocycles. The summed E-state index contributed by atoms with van der Waals surface area (Å²) in [5, 5.41) is 0.507. The van der Waals surface area contributed by atoms with Crippen LogP contribution in [0.2, 0.25) is 0 Å². The van der Waals surface area contributed by atoms with Crippen LogP contribution in [0, 0.1) is 0 Å². The van der Waals surface area contributed by atoms with Crippen LogP contribution in [0.3, 0.4) is 0 Å². The molecule has 0 bridgehead atoms. The minimum atomic E-state index is -0.734. The molecule has 0 saturated carbocycles. The molecular formula is C22H25N3O5. The molecule has 1 aromatic heterocycles. The van der Waals surface area contributed by atoms with E-state index in [2.05, 4.69) is 9.97 Å². The van der Waals surface area contributed by atoms with Gasteiger partial charge in [0.2, 0.25) is 0 Å². The number of amides is 1. The van der Waals surface area contributed by atoms with Gasteiger partial charge in [-0.15, -0.1) is 0 Å². The standard InChI is InChI=1S/C22H25N3O5/c1-15(30-17-10-8-16(29-3)9-11-17)22(27)25(12-13-28-2)14-20-23-19-7-5-4-6-18(19)21(26)24-20/h4-11,15H,12-14H2,1-3H3,(H,23,24,26). The van der Waals surface area contributed by atoms with Gasteiger partial charge in [0.05, 0.1) is 31.2 Å². The number of rotatable bonds is 9. The first-order valence-electron chi connectivity index (χ1n) is 9.58. The van der Waals surface area contributed by atoms with Crippen molar-refractivity contribution in [3.63, 3.8) is 0 Å². The molecule has 0 aliphatic carbocycles. The molecule has 8 nitrogen and oxygen atoms in total. The Bertz CT molecular complexity index is 1050. The van der Waals surface area contributed by atoms with Gasteiger partial charge in [-0.25, -0.2) is 4.98 Å². The largest absolute Gasteiger partial charge is 0.497 e. The van der Waals surface area contributed by atoms with Gasteiger partial charge < -0.3 is 24.1 Å². The molecule has 0 fully saturated rings. The van der Waals surface area contributed by atoms with Gasteiger partial charge in [0.1, 0.15) is 17.3 Å². The number of aromatic nitrogens is 2. The molecule has 158 valence electrons. The number of carbonyl (C=O) groups excluding carboxylic acids is 1. The summed E-state index contributed by atoms with van der Waals surface area (Å²) in [5.74, 6) is 1.42. The molecule has 1 heterocycles. The lowest BCUT2D eigenvalue weighted by Gasteiger charge is -2.25. The van der Waals surface area contributed by atoms with E-state index in [1.54, 1.807) is 68.5 Å². The van der Waals surface area contributed by atoms with Crippen LogP contribution in [0.4, 0.5) is 0 Å². The van der Waals surface area contributed by atoms with Crippen molar-refractivity contribution in [1.29, 1.82) is 0 Å². The number of hydrogen-bond donors (Lipinski definition) is 1. The first kappa shape index (κ1) is 21.3. The molecule has 1 unspecified atom stereocenters. The van der Waals surface area contributed by atoms with Crippen molar-refractivity contribution in [2.75, 3.05) is 27.4 Å². The summed E-state index contributed by atoms with van der Waals surface area (Å²) in [6, 6.07) is 14.1. The zero-order valence-electron chi connectivity index (χ0n) is 17.3. The van der Waals surface area contributed by atoms with Gasteiger partial charge in [0.25, 0.3) is 11.5 Å². The molecule has 0 aliphatic heterocycles. The van der Waals surface area contributed by atoms with E-state index in [1.165, 1.54) is 0 Å². The SMILES string of the molecule is COCCN(Cc1nc2ccccc2c(=O)[nH]1)C(=O)C(C)Oc1ccc(OC)cc1. The molecule has 8 heteroatoms. The third kappa shape index (κ3) is 5.15. The van der Waals surface area contributed by atoms with Gasteiger partial charge in [-0.3, -0.25) is 9.59 Å². The second-order valence-corrected chi connectivity index (χ2v) is 6.72. The van der Waals surface area contributed by atoms with Crippen molar-refractivity contribution in [2.24, 2.45) is 0 Å². The molecule has 3 rings (SSSR count). The summed E-state index contributed by atoms with van der Waals surface area (Å²) in [6.45, 7) is 2.50. The Morgan fingerprint density at radius 1 is 1.10 bits per heavy atom. The smallest absolute Gasteiger partial charge is 0.263 e. The lowest BCUT2D eigenvalue weighted by atomic mass is 10.2. The Kier molecular flexibility index (Phi) is 7.03. The van der Waals surface area contributed by atoms with Gasteiger partial charge >= 0.3 is 0 Å². The maximum absolute atomic E-state index is 13.0. The molecule has 0 saturated heterocycles. The molecule has 1 atom stereocenters. The van der Waals surface area contributed by atoms with Crippen LogP contribution in [0.5, 0.6) is 11.5 Å². The predicted octanol–water partition coefficient (Wildman–Crippen LogP) is 2.37. The summed E-state index contributed by atoms with van der Waals surface area (Å²) in [5.41, 5.74) is 0.343. The van der Waals surface area contributed by atoms with Crippen LogP contribution in [-0.2, 0) is 16.1 Å². The minimum absolute atomic E-state index is 0.137. The highest BCUT2D eigenvalue weighted by atomic mass is 16.5. The van der Waals surface area contributed by atoms with Gasteiger partial charge in [-0.1, -0.05) is 12.1 Å². The Morgan fingerprint density at radius 3 is 2.50 bits per heavy atom. The van der Waals surface area contributed by atoms with Crippen LogP contribution < -0.4 is 15.0 Å². The third-order valence-corrected chi connectivity index (χ3v) is 4.60. The van der Waals surface area contributed by atoms with Crippen molar-refractivity contribution >= 4 is 16.8 Å². The molecule has 30 heavy (non-hydrogen) atoms. The number of nitrogens with one attached hydrogen (secondary N) is 1. The number of nitrogens with zero attached hydrogens (tertiary/aromatic N) is 2. The molecule has 1 amide bonds. The Labute approximate surface area is 174 Å². The van der Waals surface area contributed by atoms with Gasteiger partial charge in [-0.05, 0) is 43.3 Å². The fourth-order valence-corrected chi connectivity index (χ4v) is 3.03. The third-order valence-electron chi connectivity index (χ3n) is 4.60. The predicted molar refractivity (Wildman–Crippen MR) is 113 cm³/mol. The number of para-hydroxylation sites is 1. The Balaban J connectivity index is 1.77. The molecule has 3 aromatic rings. The first-order valence-corrected chi connectivity index (χ1v) is 9.58. The van der Waals surface area contributed by atoms with E-state index in [0.717, 1.165) is 0 Å². The lowest BCUT2D eigenvalue weighted by molar-refractivity contribution is -0.139. The van der Waals surface area contributed by atoms with Gasteiger partial charge in [-0.2, -0.15) is 0 Å². The number of benzene rings is 2. The fourth-order valence-electron chi connectivity index (χ4n) is 3.03. The molecular weight excluding hydrogens is 386 g/mol. The van der Waals surface area contributed by atoms with Crippen LogP contribution >= 0.6 is 0 Å². The zero-order valence-corrected chi connectivity index (χ0v) is 17.3. The highest BCUT2D eigenvalue weighted by Gasteiger charge is 2.23. The van der Waals surface area contributed by atoms with Crippen molar-refractivity contribution in [1.82, 2.24) is 14.9 Å². The topological polar surface area (TPSA) is 93.8 Å². The molecule has 0 aliphatic rings. The van der Waals surface area contributed by atoms with Gasteiger partial charge in [0.15, 0.2) is 6.10 Å². The van der Waals surface area contributed by atoms with E-state index in [0.29, 0.717) is 41.4 Å². The monoisotopic (exact) mass is 411 g/mol. The van der Waals surface area contributed by atoms with Crippen molar-refractivity contribution in [3.8, 4) is 11.5 Å². The molecule has 0 spiro atoms. The quantitative estimate of drug-likeness (QED) is 0.581. The Hall–Kier alpha value is -3.39. The second kappa shape index (κ2) is 9.89. The van der Waals surface area contributed by atoms with E-state index in [-0.39, 0.29) is 18.0 Å². The summed E-state index contributed by atoms with van der Waals surface area (Å²) in [4.78, 5) is 34.2. The van der Waals surface area contributed by atoms with Crippen LogP contribution in [0.25, 0.3) is 10.9 Å². The zero-order chi connectivity index (χ0) is 21.5. The number of methoxy groups -OCH3 is 2. The van der Waals surface area contributed by atoms with E-state index >= 15 is 0 Å². The van der Waals surface area contributed by atoms with Crippen molar-refractivity contribution in [3.05, 3.63) is 64.7 Å². The summed E-state index contributed by atoms with van der Waals surface area (Å²) < 4.78 is 16.1. The van der Waals surface area contributed by atoms with Crippen molar-refractivity contribution < 1.29 is 19.0 Å². The lowest BCUT2D eigenvalue weighted by Crippen LogP contribution is -2.42. The number of fused-ring (bicyclic) bond motifs is 1. The van der Waals surface area contributed by atoms with Crippen LogP contribution in [-0.4, -0.2) is 54.3 Å². The van der Waals surface area contributed by atoms with Crippen molar-refractivity contribution in [2.45, 2.75) is 19.6 Å². The summed E-state index contributed by atoms with van der Waals surface area (Å²) in [7, 11) is 3.15. The number of hydrogen-bond acceptors (Lipinski definition) is 6. The van der Waals surface area contributed by atoms with E-state index in [4.69, 9.17) is 14.2 Å². The number of H-pyrrole nitrogens is 1. The summed E-state index contributed by atoms with van der Waals surface area (Å²) >= 11 is 0. The van der Waals surface area contributed by atoms with Crippen LogP contribution in [0.15, 0.2) is 53.3 Å². The Morgan fingerprint density at radius 2 is 1.80 bits per heavy atom. The van der Waals surface area contributed by atoms with E-state index < -0.39 is 6.10 Å². The van der Waals surface area contributed by atoms with Crippen LogP contribution in [0.1, 0.15) is 12.7 Å². The van der Waals surface area contributed by atoms with Gasteiger partial charge in [0, 0.05) is 13.7 Å². The second-order valence-electron chi connectivity index (χ2n) is 6.72. The van der Waals surface area contributed by atoms with E-state index in [9.17, 15) is 9.59 Å². The normalized spacial score (nSPS) is 11.8. The number of carbonyl (C=O) groups is 1. The number of aromatic amines is 1. The highest BCUT2D eigenvalue weighted by molar-refractivity contribution is 5.81. The maximum Gasteiger partial charge on any atom is 0.263 e.